The molecule has 0 bridgehead atoms. The van der Waals surface area contributed by atoms with Gasteiger partial charge in [0.15, 0.2) is 0 Å². The van der Waals surface area contributed by atoms with Crippen molar-refractivity contribution >= 4 is 21.6 Å². The number of benzene rings is 2. The van der Waals surface area contributed by atoms with Gasteiger partial charge in [-0.25, -0.2) is 0 Å². The lowest BCUT2D eigenvalue weighted by atomic mass is 10.0. The van der Waals surface area contributed by atoms with E-state index in [9.17, 15) is 0 Å². The Morgan fingerprint density at radius 1 is 1.06 bits per heavy atom. The van der Waals surface area contributed by atoms with E-state index in [1.165, 1.54) is 0 Å². The minimum absolute atomic E-state index is 0.763. The molecule has 2 rings (SSSR count). The van der Waals surface area contributed by atoms with Crippen molar-refractivity contribution in [2.45, 2.75) is 0 Å². The second-order valence-corrected chi connectivity index (χ2v) is 4.38. The Balaban J connectivity index is 2.42. The maximum absolute atomic E-state index is 5.96. The molecule has 2 aromatic rings. The highest BCUT2D eigenvalue weighted by Gasteiger charge is 2.03. The molecule has 0 heterocycles. The second-order valence-electron chi connectivity index (χ2n) is 3.46. The molecule has 0 aliphatic heterocycles. The first-order valence-corrected chi connectivity index (χ1v) is 5.69. The molecule has 0 atom stereocenters. The van der Waals surface area contributed by atoms with Crippen LogP contribution in [0.1, 0.15) is 0 Å². The number of anilines is 1. The van der Waals surface area contributed by atoms with Crippen LogP contribution in [0.5, 0.6) is 5.75 Å². The van der Waals surface area contributed by atoms with Gasteiger partial charge in [-0.2, -0.15) is 0 Å². The monoisotopic (exact) mass is 277 g/mol. The fourth-order valence-electron chi connectivity index (χ4n) is 1.57. The zero-order valence-electron chi connectivity index (χ0n) is 8.91. The third-order valence-electron chi connectivity index (χ3n) is 2.41. The van der Waals surface area contributed by atoms with E-state index in [1.54, 1.807) is 7.11 Å². The largest absolute Gasteiger partial charge is 0.497 e. The van der Waals surface area contributed by atoms with Gasteiger partial charge in [0, 0.05) is 15.7 Å². The van der Waals surface area contributed by atoms with E-state index in [0.29, 0.717) is 0 Å². The number of hydrogen-bond donors (Lipinski definition) is 1. The Bertz CT molecular complexity index is 494. The van der Waals surface area contributed by atoms with Gasteiger partial charge in [0.05, 0.1) is 7.11 Å². The maximum Gasteiger partial charge on any atom is 0.118 e. The summed E-state index contributed by atoms with van der Waals surface area (Å²) in [5, 5.41) is 0. The van der Waals surface area contributed by atoms with Gasteiger partial charge >= 0.3 is 0 Å². The van der Waals surface area contributed by atoms with Gasteiger partial charge in [0.25, 0.3) is 0 Å². The number of hydrogen-bond acceptors (Lipinski definition) is 2. The van der Waals surface area contributed by atoms with Crippen molar-refractivity contribution < 1.29 is 4.74 Å². The normalized spacial score (nSPS) is 10.1. The minimum Gasteiger partial charge on any atom is -0.497 e. The number of methoxy groups -OCH3 is 1. The van der Waals surface area contributed by atoms with Crippen LogP contribution < -0.4 is 10.5 Å². The van der Waals surface area contributed by atoms with E-state index in [2.05, 4.69) is 15.9 Å². The maximum atomic E-state index is 5.96. The number of ether oxygens (including phenoxy) is 1. The smallest absolute Gasteiger partial charge is 0.118 e. The summed E-state index contributed by atoms with van der Waals surface area (Å²) in [6, 6.07) is 13.7. The van der Waals surface area contributed by atoms with Crippen LogP contribution in [0.3, 0.4) is 0 Å². The molecular weight excluding hydrogens is 266 g/mol. The highest BCUT2D eigenvalue weighted by molar-refractivity contribution is 9.10. The molecule has 2 aromatic carbocycles. The van der Waals surface area contributed by atoms with E-state index in [-0.39, 0.29) is 0 Å². The van der Waals surface area contributed by atoms with Crippen LogP contribution in [-0.4, -0.2) is 7.11 Å². The fourth-order valence-corrected chi connectivity index (χ4v) is 1.95. The Hall–Kier alpha value is -1.48. The van der Waals surface area contributed by atoms with Crippen molar-refractivity contribution in [3.8, 4) is 16.9 Å². The molecule has 2 N–H and O–H groups in total. The summed E-state index contributed by atoms with van der Waals surface area (Å²) >= 11 is 3.39. The average molecular weight is 278 g/mol. The van der Waals surface area contributed by atoms with E-state index in [1.807, 2.05) is 42.5 Å². The van der Waals surface area contributed by atoms with E-state index < -0.39 is 0 Å². The summed E-state index contributed by atoms with van der Waals surface area (Å²) in [6.45, 7) is 0. The van der Waals surface area contributed by atoms with Crippen LogP contribution in [-0.2, 0) is 0 Å². The van der Waals surface area contributed by atoms with Gasteiger partial charge in [-0.05, 0) is 29.8 Å². The lowest BCUT2D eigenvalue weighted by molar-refractivity contribution is 0.415. The van der Waals surface area contributed by atoms with Crippen LogP contribution in [0.25, 0.3) is 11.1 Å². The molecular formula is C13H12BrNO. The van der Waals surface area contributed by atoms with Crippen LogP contribution in [0, 0.1) is 0 Å². The predicted octanol–water partition coefficient (Wildman–Crippen LogP) is 3.71. The quantitative estimate of drug-likeness (QED) is 0.850. The van der Waals surface area contributed by atoms with Crippen molar-refractivity contribution in [1.82, 2.24) is 0 Å². The molecule has 82 valence electrons. The van der Waals surface area contributed by atoms with Crippen LogP contribution in [0.4, 0.5) is 5.69 Å². The van der Waals surface area contributed by atoms with Crippen molar-refractivity contribution in [1.29, 1.82) is 0 Å². The molecule has 0 radical (unpaired) electrons. The molecule has 0 aromatic heterocycles. The zero-order valence-corrected chi connectivity index (χ0v) is 10.5. The van der Waals surface area contributed by atoms with Crippen molar-refractivity contribution in [3.63, 3.8) is 0 Å². The van der Waals surface area contributed by atoms with Gasteiger partial charge in [0.2, 0.25) is 0 Å². The van der Waals surface area contributed by atoms with Gasteiger partial charge in [0.1, 0.15) is 5.75 Å². The standard InChI is InChI=1S/C13H12BrNO/c1-16-11-5-2-9(3-6-11)12-7-4-10(14)8-13(12)15/h2-8H,15H2,1H3. The molecule has 0 amide bonds. The Morgan fingerprint density at radius 2 is 1.75 bits per heavy atom. The third kappa shape index (κ3) is 2.19. The lowest BCUT2D eigenvalue weighted by Crippen LogP contribution is -1.90. The second kappa shape index (κ2) is 4.58. The highest BCUT2D eigenvalue weighted by Crippen LogP contribution is 2.29. The van der Waals surface area contributed by atoms with Gasteiger partial charge < -0.3 is 10.5 Å². The van der Waals surface area contributed by atoms with Crippen molar-refractivity contribution in [2.24, 2.45) is 0 Å². The molecule has 0 saturated carbocycles. The Morgan fingerprint density at radius 3 is 2.31 bits per heavy atom. The van der Waals surface area contributed by atoms with Crippen molar-refractivity contribution in [2.75, 3.05) is 12.8 Å². The summed E-state index contributed by atoms with van der Waals surface area (Å²) in [6.07, 6.45) is 0. The molecule has 2 nitrogen and oxygen atoms in total. The molecule has 0 aliphatic carbocycles. The average Bonchev–Trinajstić information content (AvgIpc) is 2.29. The van der Waals surface area contributed by atoms with Gasteiger partial charge in [-0.3, -0.25) is 0 Å². The minimum atomic E-state index is 0.763. The number of nitrogens with two attached hydrogens (primary N) is 1. The molecule has 0 aliphatic rings. The Kier molecular flexibility index (Phi) is 3.15. The lowest BCUT2D eigenvalue weighted by Gasteiger charge is -2.07. The van der Waals surface area contributed by atoms with Gasteiger partial charge in [-0.1, -0.05) is 34.1 Å². The fraction of sp³-hybridized carbons (Fsp3) is 0.0769. The Labute approximate surface area is 103 Å². The molecule has 0 fully saturated rings. The van der Waals surface area contributed by atoms with E-state index in [0.717, 1.165) is 27.0 Å². The van der Waals surface area contributed by atoms with Crippen LogP contribution >= 0.6 is 15.9 Å². The molecule has 0 spiro atoms. The van der Waals surface area contributed by atoms with E-state index >= 15 is 0 Å². The highest BCUT2D eigenvalue weighted by atomic mass is 79.9. The number of rotatable bonds is 2. The molecule has 0 unspecified atom stereocenters. The van der Waals surface area contributed by atoms with Crippen LogP contribution in [0.15, 0.2) is 46.9 Å². The zero-order chi connectivity index (χ0) is 11.5. The van der Waals surface area contributed by atoms with Crippen molar-refractivity contribution in [3.05, 3.63) is 46.9 Å². The molecule has 3 heteroatoms. The first kappa shape index (κ1) is 11.0. The number of nitrogen functional groups attached to an aromatic ring is 1. The topological polar surface area (TPSA) is 35.2 Å². The van der Waals surface area contributed by atoms with Gasteiger partial charge in [-0.15, -0.1) is 0 Å². The first-order chi connectivity index (χ1) is 7.70. The summed E-state index contributed by atoms with van der Waals surface area (Å²) in [4.78, 5) is 0. The number of halogens is 1. The summed E-state index contributed by atoms with van der Waals surface area (Å²) in [5.41, 5.74) is 8.85. The molecule has 16 heavy (non-hydrogen) atoms. The first-order valence-electron chi connectivity index (χ1n) is 4.90. The summed E-state index contributed by atoms with van der Waals surface area (Å²) < 4.78 is 6.10. The SMILES string of the molecule is COc1ccc(-c2ccc(Br)cc2N)cc1. The van der Waals surface area contributed by atoms with E-state index in [4.69, 9.17) is 10.5 Å². The summed E-state index contributed by atoms with van der Waals surface area (Å²) in [7, 11) is 1.66. The predicted molar refractivity (Wildman–Crippen MR) is 70.5 cm³/mol. The molecule has 0 saturated heterocycles. The third-order valence-corrected chi connectivity index (χ3v) is 2.91. The van der Waals surface area contributed by atoms with Crippen LogP contribution in [0.2, 0.25) is 0 Å². The summed E-state index contributed by atoms with van der Waals surface area (Å²) in [5.74, 6) is 0.847.